The van der Waals surface area contributed by atoms with Crippen molar-refractivity contribution in [2.75, 3.05) is 32.1 Å². The van der Waals surface area contributed by atoms with E-state index in [0.717, 1.165) is 12.1 Å². The minimum absolute atomic E-state index is 0.0409. The number of anilines is 1. The number of benzene rings is 1. The second kappa shape index (κ2) is 4.87. The SMILES string of the molecule is CN(C)c1ccc(S(=O)(=O)N2CCC(N)C2)cc1. The van der Waals surface area contributed by atoms with Gasteiger partial charge in [-0.05, 0) is 30.7 Å². The van der Waals surface area contributed by atoms with Crippen molar-refractivity contribution in [3.8, 4) is 0 Å². The Morgan fingerprint density at radius 1 is 1.28 bits per heavy atom. The van der Waals surface area contributed by atoms with Crippen molar-refractivity contribution >= 4 is 15.7 Å². The smallest absolute Gasteiger partial charge is 0.243 e. The van der Waals surface area contributed by atoms with Gasteiger partial charge in [0.05, 0.1) is 4.90 Å². The third-order valence-electron chi connectivity index (χ3n) is 3.18. The first-order valence-corrected chi connectivity index (χ1v) is 7.38. The standard InChI is InChI=1S/C12H19N3O2S/c1-14(2)11-3-5-12(6-4-11)18(16,17)15-8-7-10(13)9-15/h3-6,10H,7-9,13H2,1-2H3. The van der Waals surface area contributed by atoms with Crippen LogP contribution in [0.25, 0.3) is 0 Å². The first kappa shape index (κ1) is 13.3. The van der Waals surface area contributed by atoms with Crippen LogP contribution in [0.4, 0.5) is 5.69 Å². The Balaban J connectivity index is 2.25. The second-order valence-electron chi connectivity index (χ2n) is 4.80. The van der Waals surface area contributed by atoms with E-state index in [1.165, 1.54) is 4.31 Å². The Kier molecular flexibility index (Phi) is 3.61. The molecule has 1 aromatic carbocycles. The Morgan fingerprint density at radius 2 is 1.89 bits per heavy atom. The number of rotatable bonds is 3. The lowest BCUT2D eigenvalue weighted by atomic mass is 10.3. The van der Waals surface area contributed by atoms with Gasteiger partial charge < -0.3 is 10.6 Å². The maximum atomic E-state index is 12.3. The fraction of sp³-hybridized carbons (Fsp3) is 0.500. The van der Waals surface area contributed by atoms with Crippen LogP contribution in [0.1, 0.15) is 6.42 Å². The maximum Gasteiger partial charge on any atom is 0.243 e. The molecule has 1 fully saturated rings. The molecule has 0 bridgehead atoms. The van der Waals surface area contributed by atoms with Crippen LogP contribution in [0, 0.1) is 0 Å². The molecule has 1 aromatic rings. The van der Waals surface area contributed by atoms with Gasteiger partial charge in [-0.1, -0.05) is 0 Å². The van der Waals surface area contributed by atoms with Crippen molar-refractivity contribution in [3.05, 3.63) is 24.3 Å². The molecule has 100 valence electrons. The van der Waals surface area contributed by atoms with Crippen molar-refractivity contribution in [2.45, 2.75) is 17.4 Å². The molecule has 0 aliphatic carbocycles. The summed E-state index contributed by atoms with van der Waals surface area (Å²) in [5.41, 5.74) is 6.73. The molecule has 6 heteroatoms. The fourth-order valence-electron chi connectivity index (χ4n) is 2.04. The van der Waals surface area contributed by atoms with E-state index in [1.807, 2.05) is 31.1 Å². The van der Waals surface area contributed by atoms with E-state index in [-0.39, 0.29) is 6.04 Å². The summed E-state index contributed by atoms with van der Waals surface area (Å²) in [5.74, 6) is 0. The van der Waals surface area contributed by atoms with Crippen molar-refractivity contribution < 1.29 is 8.42 Å². The summed E-state index contributed by atoms with van der Waals surface area (Å²) in [6.07, 6.45) is 0.731. The van der Waals surface area contributed by atoms with Crippen LogP contribution in [0.2, 0.25) is 0 Å². The molecule has 1 unspecified atom stereocenters. The van der Waals surface area contributed by atoms with E-state index in [1.54, 1.807) is 12.1 Å². The normalized spacial score (nSPS) is 21.2. The van der Waals surface area contributed by atoms with Gasteiger partial charge in [0.1, 0.15) is 0 Å². The van der Waals surface area contributed by atoms with Gasteiger partial charge in [-0.15, -0.1) is 0 Å². The van der Waals surface area contributed by atoms with Gasteiger partial charge >= 0.3 is 0 Å². The second-order valence-corrected chi connectivity index (χ2v) is 6.74. The van der Waals surface area contributed by atoms with E-state index in [4.69, 9.17) is 5.73 Å². The Morgan fingerprint density at radius 3 is 2.33 bits per heavy atom. The van der Waals surface area contributed by atoms with Crippen molar-refractivity contribution in [1.82, 2.24) is 4.31 Å². The highest BCUT2D eigenvalue weighted by molar-refractivity contribution is 7.89. The number of hydrogen-bond acceptors (Lipinski definition) is 4. The molecular weight excluding hydrogens is 250 g/mol. The Bertz CT molecular complexity index is 511. The largest absolute Gasteiger partial charge is 0.378 e. The summed E-state index contributed by atoms with van der Waals surface area (Å²) < 4.78 is 26.1. The first-order chi connectivity index (χ1) is 8.41. The van der Waals surface area contributed by atoms with Crippen molar-refractivity contribution in [2.24, 2.45) is 5.73 Å². The number of nitrogens with two attached hydrogens (primary N) is 1. The van der Waals surface area contributed by atoms with Gasteiger partial charge in [-0.25, -0.2) is 8.42 Å². The topological polar surface area (TPSA) is 66.6 Å². The molecule has 1 saturated heterocycles. The van der Waals surface area contributed by atoms with Crippen LogP contribution in [0.15, 0.2) is 29.2 Å². The third-order valence-corrected chi connectivity index (χ3v) is 5.06. The summed E-state index contributed by atoms with van der Waals surface area (Å²) in [6.45, 7) is 0.927. The van der Waals surface area contributed by atoms with Gasteiger partial charge in [-0.3, -0.25) is 0 Å². The lowest BCUT2D eigenvalue weighted by molar-refractivity contribution is 0.472. The van der Waals surface area contributed by atoms with Crippen molar-refractivity contribution in [3.63, 3.8) is 0 Å². The molecule has 1 heterocycles. The molecular formula is C12H19N3O2S. The average Bonchev–Trinajstić information content (AvgIpc) is 2.76. The summed E-state index contributed by atoms with van der Waals surface area (Å²) >= 11 is 0. The van der Waals surface area contributed by atoms with E-state index in [9.17, 15) is 8.42 Å². The first-order valence-electron chi connectivity index (χ1n) is 5.94. The molecule has 2 N–H and O–H groups in total. The highest BCUT2D eigenvalue weighted by Crippen LogP contribution is 2.22. The highest BCUT2D eigenvalue weighted by atomic mass is 32.2. The van der Waals surface area contributed by atoms with Gasteiger partial charge in [-0.2, -0.15) is 4.31 Å². The molecule has 0 radical (unpaired) electrons. The lowest BCUT2D eigenvalue weighted by Gasteiger charge is -2.17. The van der Waals surface area contributed by atoms with Crippen LogP contribution in [0.5, 0.6) is 0 Å². The van der Waals surface area contributed by atoms with E-state index < -0.39 is 10.0 Å². The quantitative estimate of drug-likeness (QED) is 0.866. The average molecular weight is 269 g/mol. The van der Waals surface area contributed by atoms with Crippen molar-refractivity contribution in [1.29, 1.82) is 0 Å². The Hall–Kier alpha value is -1.11. The molecule has 0 aromatic heterocycles. The predicted molar refractivity (Wildman–Crippen MR) is 72.1 cm³/mol. The fourth-order valence-corrected chi connectivity index (χ4v) is 3.55. The van der Waals surface area contributed by atoms with E-state index in [2.05, 4.69) is 0 Å². The molecule has 0 amide bonds. The number of nitrogens with zero attached hydrogens (tertiary/aromatic N) is 2. The van der Waals surface area contributed by atoms with E-state index >= 15 is 0 Å². The monoisotopic (exact) mass is 269 g/mol. The van der Waals surface area contributed by atoms with Gasteiger partial charge in [0.25, 0.3) is 0 Å². The predicted octanol–water partition coefficient (Wildman–Crippen LogP) is 0.474. The third kappa shape index (κ3) is 2.50. The molecule has 1 atom stereocenters. The zero-order valence-corrected chi connectivity index (χ0v) is 11.5. The minimum Gasteiger partial charge on any atom is -0.378 e. The van der Waals surface area contributed by atoms with Crippen LogP contribution in [0.3, 0.4) is 0 Å². The van der Waals surface area contributed by atoms with Gasteiger partial charge in [0, 0.05) is 38.9 Å². The summed E-state index contributed by atoms with van der Waals surface area (Å²) in [6, 6.07) is 6.87. The summed E-state index contributed by atoms with van der Waals surface area (Å²) in [7, 11) is 0.460. The summed E-state index contributed by atoms with van der Waals surface area (Å²) in [4.78, 5) is 2.27. The highest BCUT2D eigenvalue weighted by Gasteiger charge is 2.30. The zero-order chi connectivity index (χ0) is 13.3. The Labute approximate surface area is 108 Å². The molecule has 18 heavy (non-hydrogen) atoms. The van der Waals surface area contributed by atoms with Crippen LogP contribution < -0.4 is 10.6 Å². The molecule has 0 spiro atoms. The van der Waals surface area contributed by atoms with E-state index in [0.29, 0.717) is 18.0 Å². The van der Waals surface area contributed by atoms with Crippen LogP contribution in [-0.4, -0.2) is 45.9 Å². The summed E-state index contributed by atoms with van der Waals surface area (Å²) in [5, 5.41) is 0. The molecule has 0 saturated carbocycles. The van der Waals surface area contributed by atoms with Gasteiger partial charge in [0.2, 0.25) is 10.0 Å². The minimum atomic E-state index is -3.38. The van der Waals surface area contributed by atoms with Crippen LogP contribution >= 0.6 is 0 Å². The van der Waals surface area contributed by atoms with Gasteiger partial charge in [0.15, 0.2) is 0 Å². The molecule has 5 nitrogen and oxygen atoms in total. The number of hydrogen-bond donors (Lipinski definition) is 1. The zero-order valence-electron chi connectivity index (χ0n) is 10.7. The molecule has 2 rings (SSSR count). The number of sulfonamides is 1. The molecule has 1 aliphatic rings. The maximum absolute atomic E-state index is 12.3. The lowest BCUT2D eigenvalue weighted by Crippen LogP contribution is -2.31. The van der Waals surface area contributed by atoms with Crippen LogP contribution in [-0.2, 0) is 10.0 Å². The molecule has 1 aliphatic heterocycles.